The van der Waals surface area contributed by atoms with Gasteiger partial charge < -0.3 is 15.2 Å². The first-order valence-corrected chi connectivity index (χ1v) is 7.12. The Balaban J connectivity index is 2.83. The first-order chi connectivity index (χ1) is 8.95. The van der Waals surface area contributed by atoms with E-state index in [0.717, 1.165) is 18.7 Å². The third-order valence-electron chi connectivity index (χ3n) is 3.49. The van der Waals surface area contributed by atoms with Gasteiger partial charge in [0.05, 0.1) is 6.33 Å². The van der Waals surface area contributed by atoms with Crippen molar-refractivity contribution in [1.82, 2.24) is 14.5 Å². The van der Waals surface area contributed by atoms with Gasteiger partial charge in [-0.15, -0.1) is 0 Å². The van der Waals surface area contributed by atoms with Gasteiger partial charge in [-0.05, 0) is 26.2 Å². The molecule has 0 aliphatic rings. The Hall–Kier alpha value is -1.45. The average Bonchev–Trinajstić information content (AvgIpc) is 2.81. The number of hydrogen-bond donors (Lipinski definition) is 1. The Morgan fingerprint density at radius 2 is 2.11 bits per heavy atom. The zero-order chi connectivity index (χ0) is 14.4. The van der Waals surface area contributed by atoms with E-state index in [4.69, 9.17) is 5.73 Å². The summed E-state index contributed by atoms with van der Waals surface area (Å²) in [7, 11) is 0. The summed E-state index contributed by atoms with van der Waals surface area (Å²) in [4.78, 5) is 6.50. The Morgan fingerprint density at radius 3 is 2.53 bits per heavy atom. The summed E-state index contributed by atoms with van der Waals surface area (Å²) in [6, 6.07) is 0.898. The zero-order valence-electron chi connectivity index (χ0n) is 12.9. The maximum absolute atomic E-state index is 5.88. The van der Waals surface area contributed by atoms with Gasteiger partial charge in [0, 0.05) is 42.9 Å². The van der Waals surface area contributed by atoms with Crippen LogP contribution < -0.4 is 5.73 Å². The van der Waals surface area contributed by atoms with E-state index < -0.39 is 0 Å². The molecule has 2 unspecified atom stereocenters. The second kappa shape index (κ2) is 7.22. The van der Waals surface area contributed by atoms with Crippen molar-refractivity contribution in [3.63, 3.8) is 0 Å². The fourth-order valence-corrected chi connectivity index (χ4v) is 2.56. The van der Waals surface area contributed by atoms with E-state index in [2.05, 4.69) is 48.3 Å². The summed E-state index contributed by atoms with van der Waals surface area (Å²) >= 11 is 0. The molecule has 4 heteroatoms. The summed E-state index contributed by atoms with van der Waals surface area (Å²) in [5.74, 6) is 0.607. The largest absolute Gasteiger partial charge is 0.401 e. The maximum Gasteiger partial charge on any atom is 0.0949 e. The normalized spacial score (nSPS) is 15.6. The van der Waals surface area contributed by atoms with Gasteiger partial charge in [-0.3, -0.25) is 0 Å². The van der Waals surface area contributed by atoms with Crippen molar-refractivity contribution in [3.05, 3.63) is 30.6 Å². The second-order valence-corrected chi connectivity index (χ2v) is 5.65. The molecule has 1 rings (SSSR count). The second-order valence-electron chi connectivity index (χ2n) is 5.65. The lowest BCUT2D eigenvalue weighted by atomic mass is 9.99. The van der Waals surface area contributed by atoms with Crippen LogP contribution in [0.4, 0.5) is 0 Å². The number of hydrogen-bond acceptors (Lipinski definition) is 3. The van der Waals surface area contributed by atoms with Crippen LogP contribution in [-0.2, 0) is 0 Å². The van der Waals surface area contributed by atoms with Gasteiger partial charge in [-0.2, -0.15) is 0 Å². The molecule has 19 heavy (non-hydrogen) atoms. The maximum atomic E-state index is 5.88. The summed E-state index contributed by atoms with van der Waals surface area (Å²) in [5, 5.41) is 0. The van der Waals surface area contributed by atoms with E-state index in [-0.39, 0.29) is 0 Å². The highest BCUT2D eigenvalue weighted by Crippen LogP contribution is 2.19. The van der Waals surface area contributed by atoms with Crippen molar-refractivity contribution in [1.29, 1.82) is 0 Å². The molecule has 0 fully saturated rings. The summed E-state index contributed by atoms with van der Waals surface area (Å²) in [6.45, 7) is 11.9. The van der Waals surface area contributed by atoms with Crippen LogP contribution in [0.1, 0.15) is 47.1 Å². The molecular weight excluding hydrogens is 236 g/mol. The fraction of sp³-hybridized carbons (Fsp3) is 0.667. The first-order valence-electron chi connectivity index (χ1n) is 7.12. The molecule has 0 saturated carbocycles. The van der Waals surface area contributed by atoms with Crippen LogP contribution in [0, 0.1) is 5.92 Å². The van der Waals surface area contributed by atoms with E-state index in [1.54, 1.807) is 0 Å². The SMILES string of the molecule is CCC(C(C)C)N(/C=C(/C)N)CC(C)n1ccnc1. The minimum Gasteiger partial charge on any atom is -0.401 e. The quantitative estimate of drug-likeness (QED) is 0.823. The Bertz CT molecular complexity index is 377. The number of rotatable bonds is 7. The average molecular weight is 264 g/mol. The summed E-state index contributed by atoms with van der Waals surface area (Å²) in [5.41, 5.74) is 6.74. The number of nitrogens with zero attached hydrogens (tertiary/aromatic N) is 3. The van der Waals surface area contributed by atoms with Gasteiger partial charge in [-0.25, -0.2) is 4.98 Å². The minimum absolute atomic E-state index is 0.380. The van der Waals surface area contributed by atoms with Crippen molar-refractivity contribution in [2.45, 2.75) is 53.1 Å². The van der Waals surface area contributed by atoms with Gasteiger partial charge >= 0.3 is 0 Å². The van der Waals surface area contributed by atoms with Gasteiger partial charge in [0.1, 0.15) is 0 Å². The molecule has 1 heterocycles. The lowest BCUT2D eigenvalue weighted by molar-refractivity contribution is 0.190. The first kappa shape index (κ1) is 15.6. The van der Waals surface area contributed by atoms with E-state index in [1.165, 1.54) is 0 Å². The molecule has 0 radical (unpaired) electrons. The monoisotopic (exact) mass is 264 g/mol. The lowest BCUT2D eigenvalue weighted by Gasteiger charge is -2.35. The molecule has 0 aliphatic carbocycles. The van der Waals surface area contributed by atoms with Gasteiger partial charge in [-0.1, -0.05) is 20.8 Å². The highest BCUT2D eigenvalue weighted by molar-refractivity contribution is 4.95. The molecule has 0 aliphatic heterocycles. The fourth-order valence-electron chi connectivity index (χ4n) is 2.56. The van der Waals surface area contributed by atoms with E-state index in [1.807, 2.05) is 25.6 Å². The number of aromatic nitrogens is 2. The van der Waals surface area contributed by atoms with Crippen molar-refractivity contribution in [3.8, 4) is 0 Å². The minimum atomic E-state index is 0.380. The predicted octanol–water partition coefficient (Wildman–Crippen LogP) is 3.00. The van der Waals surface area contributed by atoms with Crippen LogP contribution in [0.25, 0.3) is 0 Å². The smallest absolute Gasteiger partial charge is 0.0949 e. The molecule has 0 bridgehead atoms. The standard InChI is InChI=1S/C15H28N4/c1-6-15(12(2)3)19(9-13(4)16)10-14(5)18-8-7-17-11-18/h7-9,11-12,14-15H,6,10,16H2,1-5H3/b13-9-. The summed E-state index contributed by atoms with van der Waals surface area (Å²) in [6.07, 6.45) is 8.92. The van der Waals surface area contributed by atoms with Crippen molar-refractivity contribution in [2.24, 2.45) is 11.7 Å². The van der Waals surface area contributed by atoms with E-state index in [0.29, 0.717) is 18.0 Å². The third kappa shape index (κ3) is 4.62. The molecule has 108 valence electrons. The molecule has 0 spiro atoms. The topological polar surface area (TPSA) is 47.1 Å². The molecule has 0 saturated heterocycles. The Kier molecular flexibility index (Phi) is 5.93. The Labute approximate surface area is 117 Å². The van der Waals surface area contributed by atoms with Crippen molar-refractivity contribution >= 4 is 0 Å². The van der Waals surface area contributed by atoms with E-state index in [9.17, 15) is 0 Å². The molecular formula is C15H28N4. The van der Waals surface area contributed by atoms with Gasteiger partial charge in [0.25, 0.3) is 0 Å². The molecule has 0 aromatic carbocycles. The van der Waals surface area contributed by atoms with Gasteiger partial charge in [0.2, 0.25) is 0 Å². The van der Waals surface area contributed by atoms with Gasteiger partial charge in [0.15, 0.2) is 0 Å². The molecule has 1 aromatic heterocycles. The van der Waals surface area contributed by atoms with Crippen LogP contribution in [0.15, 0.2) is 30.6 Å². The molecule has 2 atom stereocenters. The number of allylic oxidation sites excluding steroid dienone is 1. The third-order valence-corrected chi connectivity index (χ3v) is 3.49. The van der Waals surface area contributed by atoms with Crippen molar-refractivity contribution < 1.29 is 0 Å². The van der Waals surface area contributed by atoms with Crippen LogP contribution in [-0.4, -0.2) is 27.0 Å². The van der Waals surface area contributed by atoms with Crippen LogP contribution >= 0.6 is 0 Å². The highest BCUT2D eigenvalue weighted by Gasteiger charge is 2.20. The van der Waals surface area contributed by atoms with Crippen LogP contribution in [0.5, 0.6) is 0 Å². The number of nitrogens with two attached hydrogens (primary N) is 1. The lowest BCUT2D eigenvalue weighted by Crippen LogP contribution is -2.38. The molecule has 1 aromatic rings. The van der Waals surface area contributed by atoms with Crippen molar-refractivity contribution in [2.75, 3.05) is 6.54 Å². The van der Waals surface area contributed by atoms with Crippen LogP contribution in [0.3, 0.4) is 0 Å². The highest BCUT2D eigenvalue weighted by atomic mass is 15.2. The van der Waals surface area contributed by atoms with Crippen LogP contribution in [0.2, 0.25) is 0 Å². The molecule has 0 amide bonds. The Morgan fingerprint density at radius 1 is 1.42 bits per heavy atom. The molecule has 4 nitrogen and oxygen atoms in total. The molecule has 2 N–H and O–H groups in total. The van der Waals surface area contributed by atoms with E-state index >= 15 is 0 Å². The summed E-state index contributed by atoms with van der Waals surface area (Å²) < 4.78 is 2.14. The zero-order valence-corrected chi connectivity index (χ0v) is 12.9. The predicted molar refractivity (Wildman–Crippen MR) is 80.5 cm³/mol. The number of imidazole rings is 1.